The molecule has 6 nitrogen and oxygen atoms in total. The number of nitrogens with zero attached hydrogens (tertiary/aromatic N) is 5. The Morgan fingerprint density at radius 2 is 2.08 bits per heavy atom. The molecule has 24 heavy (non-hydrogen) atoms. The van der Waals surface area contributed by atoms with Crippen LogP contribution in [0.3, 0.4) is 0 Å². The molecule has 0 bridgehead atoms. The molecule has 1 aromatic rings. The monoisotopic (exact) mass is 365 g/mol. The fraction of sp³-hybridized carbons (Fsp3) is 0.786. The average Bonchev–Trinajstić information content (AvgIpc) is 2.85. The van der Waals surface area contributed by atoms with Crippen LogP contribution in [0.1, 0.15) is 30.4 Å². The highest BCUT2D eigenvalue weighted by Crippen LogP contribution is 2.31. The Hall–Kier alpha value is -1.29. The summed E-state index contributed by atoms with van der Waals surface area (Å²) in [5.74, 6) is 0.574. The molecule has 0 N–H and O–H groups in total. The van der Waals surface area contributed by atoms with Gasteiger partial charge in [0.2, 0.25) is 5.91 Å². The summed E-state index contributed by atoms with van der Waals surface area (Å²) in [5.41, 5.74) is -4.38. The SMILES string of the molecule is CN(C)Cc1nnc([C@@H]2CCCN(C(=O)CSC(F)(F)F)C2)n1C. The van der Waals surface area contributed by atoms with Crippen LogP contribution in [0, 0.1) is 0 Å². The number of piperidine rings is 1. The number of likely N-dealkylation sites (tertiary alicyclic amines) is 1. The fourth-order valence-electron chi connectivity index (χ4n) is 2.80. The number of carbonyl (C=O) groups is 1. The van der Waals surface area contributed by atoms with E-state index < -0.39 is 17.2 Å². The van der Waals surface area contributed by atoms with Gasteiger partial charge in [-0.25, -0.2) is 0 Å². The molecule has 1 aliphatic heterocycles. The van der Waals surface area contributed by atoms with E-state index in [1.54, 1.807) is 0 Å². The van der Waals surface area contributed by atoms with E-state index in [0.717, 1.165) is 24.5 Å². The lowest BCUT2D eigenvalue weighted by atomic mass is 9.97. The maximum atomic E-state index is 12.3. The van der Waals surface area contributed by atoms with Crippen molar-refractivity contribution < 1.29 is 18.0 Å². The molecular weight excluding hydrogens is 343 g/mol. The second-order valence-corrected chi connectivity index (χ2v) is 7.22. The van der Waals surface area contributed by atoms with Crippen molar-refractivity contribution >= 4 is 17.7 Å². The van der Waals surface area contributed by atoms with E-state index >= 15 is 0 Å². The minimum Gasteiger partial charge on any atom is -0.341 e. The number of alkyl halides is 3. The van der Waals surface area contributed by atoms with Gasteiger partial charge in [-0.15, -0.1) is 10.2 Å². The van der Waals surface area contributed by atoms with Crippen LogP contribution in [0.25, 0.3) is 0 Å². The van der Waals surface area contributed by atoms with E-state index in [9.17, 15) is 18.0 Å². The van der Waals surface area contributed by atoms with Crippen molar-refractivity contribution in [2.45, 2.75) is 30.8 Å². The van der Waals surface area contributed by atoms with E-state index in [1.807, 2.05) is 30.6 Å². The molecule has 1 atom stereocenters. The molecule has 1 amide bonds. The maximum absolute atomic E-state index is 12.3. The third-order valence-electron chi connectivity index (χ3n) is 3.95. The van der Waals surface area contributed by atoms with Crippen molar-refractivity contribution in [2.75, 3.05) is 32.9 Å². The van der Waals surface area contributed by atoms with Crippen molar-refractivity contribution in [3.05, 3.63) is 11.6 Å². The van der Waals surface area contributed by atoms with Gasteiger partial charge in [-0.3, -0.25) is 4.79 Å². The first-order valence-electron chi connectivity index (χ1n) is 7.68. The number of hydrogen-bond donors (Lipinski definition) is 0. The van der Waals surface area contributed by atoms with Crippen LogP contribution in [0.15, 0.2) is 0 Å². The first kappa shape index (κ1) is 19.0. The van der Waals surface area contributed by atoms with E-state index in [2.05, 4.69) is 10.2 Å². The van der Waals surface area contributed by atoms with Gasteiger partial charge in [0.15, 0.2) is 0 Å². The van der Waals surface area contributed by atoms with Crippen LogP contribution >= 0.6 is 11.8 Å². The maximum Gasteiger partial charge on any atom is 0.442 e. The molecule has 0 saturated carbocycles. The van der Waals surface area contributed by atoms with Crippen LogP contribution < -0.4 is 0 Å². The van der Waals surface area contributed by atoms with Gasteiger partial charge in [0.25, 0.3) is 0 Å². The quantitative estimate of drug-likeness (QED) is 0.797. The lowest BCUT2D eigenvalue weighted by Crippen LogP contribution is -2.41. The van der Waals surface area contributed by atoms with Gasteiger partial charge in [0.05, 0.1) is 12.3 Å². The minimum atomic E-state index is -4.38. The molecule has 1 saturated heterocycles. The number of hydrogen-bond acceptors (Lipinski definition) is 5. The Morgan fingerprint density at radius 3 is 2.71 bits per heavy atom. The van der Waals surface area contributed by atoms with Gasteiger partial charge in [-0.05, 0) is 38.7 Å². The zero-order valence-corrected chi connectivity index (χ0v) is 14.8. The van der Waals surface area contributed by atoms with Gasteiger partial charge in [0.1, 0.15) is 11.6 Å². The zero-order chi connectivity index (χ0) is 17.9. The number of amides is 1. The average molecular weight is 365 g/mol. The Balaban J connectivity index is 2.00. The van der Waals surface area contributed by atoms with E-state index in [4.69, 9.17) is 0 Å². The molecule has 0 spiro atoms. The molecule has 136 valence electrons. The number of halogens is 3. The van der Waals surface area contributed by atoms with Crippen molar-refractivity contribution in [1.29, 1.82) is 0 Å². The molecule has 0 aromatic carbocycles. The molecule has 1 aliphatic rings. The minimum absolute atomic E-state index is 0.00648. The van der Waals surface area contributed by atoms with Crippen molar-refractivity contribution in [3.8, 4) is 0 Å². The predicted molar refractivity (Wildman–Crippen MR) is 85.5 cm³/mol. The topological polar surface area (TPSA) is 54.3 Å². The predicted octanol–water partition coefficient (Wildman–Crippen LogP) is 1.84. The summed E-state index contributed by atoms with van der Waals surface area (Å²) in [6.45, 7) is 1.54. The molecule has 1 aromatic heterocycles. The van der Waals surface area contributed by atoms with Crippen LogP contribution in [-0.2, 0) is 18.4 Å². The second-order valence-electron chi connectivity index (χ2n) is 6.18. The van der Waals surface area contributed by atoms with Gasteiger partial charge >= 0.3 is 5.51 Å². The number of rotatable bonds is 5. The van der Waals surface area contributed by atoms with Crippen LogP contribution in [0.4, 0.5) is 13.2 Å². The molecule has 1 fully saturated rings. The molecular formula is C14H22F3N5OS. The molecule has 0 unspecified atom stereocenters. The highest BCUT2D eigenvalue weighted by Gasteiger charge is 2.33. The summed E-state index contributed by atoms with van der Waals surface area (Å²) in [5, 5.41) is 8.42. The molecule has 0 aliphatic carbocycles. The fourth-order valence-corrected chi connectivity index (χ4v) is 3.27. The Bertz CT molecular complexity index is 575. The van der Waals surface area contributed by atoms with Gasteiger partial charge < -0.3 is 14.4 Å². The number of aromatic nitrogens is 3. The lowest BCUT2D eigenvalue weighted by Gasteiger charge is -2.32. The van der Waals surface area contributed by atoms with E-state index in [-0.39, 0.29) is 17.7 Å². The first-order valence-corrected chi connectivity index (χ1v) is 8.67. The molecule has 0 radical (unpaired) electrons. The van der Waals surface area contributed by atoms with Crippen molar-refractivity contribution in [2.24, 2.45) is 7.05 Å². The zero-order valence-electron chi connectivity index (χ0n) is 14.0. The largest absolute Gasteiger partial charge is 0.442 e. The second kappa shape index (κ2) is 7.73. The summed E-state index contributed by atoms with van der Waals surface area (Å²) in [6, 6.07) is 0. The molecule has 2 heterocycles. The Kier molecular flexibility index (Phi) is 6.13. The summed E-state index contributed by atoms with van der Waals surface area (Å²) in [4.78, 5) is 15.5. The highest BCUT2D eigenvalue weighted by atomic mass is 32.2. The standard InChI is InChI=1S/C14H22F3N5OS/c1-20(2)8-11-18-19-13(21(11)3)10-5-4-6-22(7-10)12(23)9-24-14(15,16)17/h10H,4-9H2,1-3H3/t10-/m1/s1. The summed E-state index contributed by atoms with van der Waals surface area (Å²) < 4.78 is 38.7. The highest BCUT2D eigenvalue weighted by molar-refractivity contribution is 8.00. The van der Waals surface area contributed by atoms with Gasteiger partial charge in [-0.1, -0.05) is 0 Å². The third kappa shape index (κ3) is 5.10. The lowest BCUT2D eigenvalue weighted by molar-refractivity contribution is -0.129. The van der Waals surface area contributed by atoms with E-state index in [1.165, 1.54) is 4.90 Å². The smallest absolute Gasteiger partial charge is 0.341 e. The van der Waals surface area contributed by atoms with Crippen LogP contribution in [-0.4, -0.2) is 68.9 Å². The number of thioether (sulfide) groups is 1. The Morgan fingerprint density at radius 1 is 1.38 bits per heavy atom. The third-order valence-corrected chi connectivity index (χ3v) is 4.67. The number of carbonyl (C=O) groups excluding carboxylic acids is 1. The van der Waals surface area contributed by atoms with Crippen molar-refractivity contribution in [3.63, 3.8) is 0 Å². The summed E-state index contributed by atoms with van der Waals surface area (Å²) in [6.07, 6.45) is 1.60. The van der Waals surface area contributed by atoms with Crippen LogP contribution in [0.5, 0.6) is 0 Å². The van der Waals surface area contributed by atoms with Gasteiger partial charge in [0, 0.05) is 26.1 Å². The Labute approximate surface area is 143 Å². The molecule has 10 heteroatoms. The summed E-state index contributed by atoms with van der Waals surface area (Å²) in [7, 11) is 5.76. The molecule has 2 rings (SSSR count). The van der Waals surface area contributed by atoms with Crippen LogP contribution in [0.2, 0.25) is 0 Å². The van der Waals surface area contributed by atoms with E-state index in [0.29, 0.717) is 19.6 Å². The normalized spacial score (nSPS) is 19.1. The summed E-state index contributed by atoms with van der Waals surface area (Å²) >= 11 is -0.283. The van der Waals surface area contributed by atoms with Gasteiger partial charge in [-0.2, -0.15) is 13.2 Å². The van der Waals surface area contributed by atoms with Crippen molar-refractivity contribution in [1.82, 2.24) is 24.6 Å². The first-order chi connectivity index (χ1) is 11.2.